The van der Waals surface area contributed by atoms with Crippen LogP contribution in [0.2, 0.25) is 0 Å². The topological polar surface area (TPSA) is 67.5 Å². The van der Waals surface area contributed by atoms with Crippen LogP contribution in [0.3, 0.4) is 0 Å². The van der Waals surface area contributed by atoms with Gasteiger partial charge in [0.2, 0.25) is 0 Å². The predicted octanol–water partition coefficient (Wildman–Crippen LogP) is 0.945. The van der Waals surface area contributed by atoms with E-state index in [1.54, 1.807) is 26.0 Å². The van der Waals surface area contributed by atoms with Crippen LogP contribution in [0.4, 0.5) is 4.79 Å². The van der Waals surface area contributed by atoms with E-state index in [-0.39, 0.29) is 11.8 Å². The molecular weight excluding hydrogens is 246 g/mol. The molecule has 0 aliphatic carbocycles. The Morgan fingerprint density at radius 3 is 2.89 bits per heavy atom. The maximum atomic E-state index is 11.4. The van der Waals surface area contributed by atoms with Crippen LogP contribution in [-0.4, -0.2) is 36.1 Å². The van der Waals surface area contributed by atoms with E-state index in [1.807, 2.05) is 18.2 Å². The van der Waals surface area contributed by atoms with Gasteiger partial charge >= 0.3 is 11.8 Å². The number of carbonyl (C=O) groups is 1. The molecule has 2 amide bonds. The standard InChI is InChI=1S/C13H17N3O3/c1-14-12(17)15(2)7-6-9-4-5-10-11(8-9)19-13(18)16(10)3/h4-5,8H,6-7H2,1-3H3,(H,14,17). The molecule has 0 unspecified atom stereocenters. The fraction of sp³-hybridized carbons (Fsp3) is 0.385. The van der Waals surface area contributed by atoms with Gasteiger partial charge < -0.3 is 14.6 Å². The van der Waals surface area contributed by atoms with E-state index in [0.29, 0.717) is 18.5 Å². The molecule has 0 saturated carbocycles. The van der Waals surface area contributed by atoms with Gasteiger partial charge in [-0.25, -0.2) is 9.59 Å². The summed E-state index contributed by atoms with van der Waals surface area (Å²) in [5.41, 5.74) is 2.37. The number of aromatic nitrogens is 1. The second-order valence-corrected chi connectivity index (χ2v) is 4.46. The van der Waals surface area contributed by atoms with Crippen molar-refractivity contribution in [1.29, 1.82) is 0 Å². The molecule has 19 heavy (non-hydrogen) atoms. The molecule has 1 heterocycles. The molecule has 0 atom stereocenters. The highest BCUT2D eigenvalue weighted by Gasteiger charge is 2.08. The zero-order chi connectivity index (χ0) is 14.0. The number of urea groups is 1. The largest absolute Gasteiger partial charge is 0.419 e. The van der Waals surface area contributed by atoms with E-state index in [0.717, 1.165) is 11.1 Å². The van der Waals surface area contributed by atoms with Crippen molar-refractivity contribution in [1.82, 2.24) is 14.8 Å². The van der Waals surface area contributed by atoms with Gasteiger partial charge in [0.05, 0.1) is 5.52 Å². The number of nitrogens with zero attached hydrogens (tertiary/aromatic N) is 2. The molecule has 1 aromatic carbocycles. The SMILES string of the molecule is CNC(=O)N(C)CCc1ccc2c(c1)oc(=O)n2C. The lowest BCUT2D eigenvalue weighted by Gasteiger charge is -2.16. The number of nitrogens with one attached hydrogen (secondary N) is 1. The van der Waals surface area contributed by atoms with Crippen molar-refractivity contribution < 1.29 is 9.21 Å². The molecule has 102 valence electrons. The minimum Gasteiger partial charge on any atom is -0.408 e. The summed E-state index contributed by atoms with van der Waals surface area (Å²) >= 11 is 0. The molecular formula is C13H17N3O3. The number of fused-ring (bicyclic) bond motifs is 1. The second kappa shape index (κ2) is 5.17. The van der Waals surface area contributed by atoms with Crippen molar-refractivity contribution in [2.45, 2.75) is 6.42 Å². The van der Waals surface area contributed by atoms with Crippen LogP contribution in [0.5, 0.6) is 0 Å². The zero-order valence-electron chi connectivity index (χ0n) is 11.3. The van der Waals surface area contributed by atoms with Crippen LogP contribution in [0.1, 0.15) is 5.56 Å². The van der Waals surface area contributed by atoms with Gasteiger partial charge in [0.25, 0.3) is 0 Å². The van der Waals surface area contributed by atoms with Crippen LogP contribution < -0.4 is 11.1 Å². The normalized spacial score (nSPS) is 10.7. The average Bonchev–Trinajstić information content (AvgIpc) is 2.70. The third-order valence-electron chi connectivity index (χ3n) is 3.15. The van der Waals surface area contributed by atoms with E-state index >= 15 is 0 Å². The Bertz CT molecular complexity index is 657. The molecule has 0 fully saturated rings. The average molecular weight is 263 g/mol. The lowest BCUT2D eigenvalue weighted by molar-refractivity contribution is 0.211. The van der Waals surface area contributed by atoms with Crippen LogP contribution in [0.25, 0.3) is 11.1 Å². The molecule has 6 heteroatoms. The minimum absolute atomic E-state index is 0.118. The van der Waals surface area contributed by atoms with Crippen LogP contribution in [0, 0.1) is 0 Å². The van der Waals surface area contributed by atoms with Gasteiger partial charge in [0.1, 0.15) is 0 Å². The maximum absolute atomic E-state index is 11.4. The monoisotopic (exact) mass is 263 g/mol. The zero-order valence-corrected chi connectivity index (χ0v) is 11.3. The summed E-state index contributed by atoms with van der Waals surface area (Å²) in [7, 11) is 5.01. The smallest absolute Gasteiger partial charge is 0.408 e. The Hall–Kier alpha value is -2.24. The number of carbonyl (C=O) groups excluding carboxylic acids is 1. The Balaban J connectivity index is 2.14. The van der Waals surface area contributed by atoms with Crippen molar-refractivity contribution in [3.05, 3.63) is 34.3 Å². The molecule has 0 radical (unpaired) electrons. The molecule has 1 N–H and O–H groups in total. The third-order valence-corrected chi connectivity index (χ3v) is 3.15. The number of hydrogen-bond acceptors (Lipinski definition) is 3. The first-order chi connectivity index (χ1) is 9.02. The number of benzene rings is 1. The molecule has 6 nitrogen and oxygen atoms in total. The molecule has 1 aromatic heterocycles. The van der Waals surface area contributed by atoms with Crippen LogP contribution in [0.15, 0.2) is 27.4 Å². The summed E-state index contributed by atoms with van der Waals surface area (Å²) < 4.78 is 6.60. The van der Waals surface area contributed by atoms with Crippen molar-refractivity contribution >= 4 is 17.1 Å². The van der Waals surface area contributed by atoms with Crippen molar-refractivity contribution in [2.75, 3.05) is 20.6 Å². The lowest BCUT2D eigenvalue weighted by atomic mass is 10.1. The Kier molecular flexibility index (Phi) is 3.59. The number of aryl methyl sites for hydroxylation is 1. The van der Waals surface area contributed by atoms with Crippen molar-refractivity contribution in [2.24, 2.45) is 7.05 Å². The van der Waals surface area contributed by atoms with E-state index in [1.165, 1.54) is 4.57 Å². The van der Waals surface area contributed by atoms with Gasteiger partial charge in [-0.3, -0.25) is 4.57 Å². The maximum Gasteiger partial charge on any atom is 0.419 e. The molecule has 2 aromatic rings. The fourth-order valence-electron chi connectivity index (χ4n) is 1.92. The van der Waals surface area contributed by atoms with E-state index in [9.17, 15) is 9.59 Å². The number of likely N-dealkylation sites (N-methyl/N-ethyl adjacent to an activating group) is 1. The Morgan fingerprint density at radius 1 is 1.47 bits per heavy atom. The number of rotatable bonds is 3. The molecule has 0 aliphatic heterocycles. The minimum atomic E-state index is -0.366. The highest BCUT2D eigenvalue weighted by Crippen LogP contribution is 2.14. The second-order valence-electron chi connectivity index (χ2n) is 4.46. The van der Waals surface area contributed by atoms with Gasteiger partial charge in [-0.15, -0.1) is 0 Å². The van der Waals surface area contributed by atoms with Crippen molar-refractivity contribution in [3.8, 4) is 0 Å². The first-order valence-electron chi connectivity index (χ1n) is 6.04. The fourth-order valence-corrected chi connectivity index (χ4v) is 1.92. The predicted molar refractivity (Wildman–Crippen MR) is 72.2 cm³/mol. The first kappa shape index (κ1) is 13.2. The van der Waals surface area contributed by atoms with Gasteiger partial charge in [0.15, 0.2) is 5.58 Å². The molecule has 0 bridgehead atoms. The molecule has 0 spiro atoms. The van der Waals surface area contributed by atoms with Gasteiger partial charge in [-0.1, -0.05) is 6.07 Å². The number of amides is 2. The third kappa shape index (κ3) is 2.62. The Labute approximate surface area is 110 Å². The summed E-state index contributed by atoms with van der Waals surface area (Å²) in [4.78, 5) is 24.3. The highest BCUT2D eigenvalue weighted by atomic mass is 16.4. The lowest BCUT2D eigenvalue weighted by Crippen LogP contribution is -2.36. The van der Waals surface area contributed by atoms with E-state index in [2.05, 4.69) is 5.32 Å². The number of oxazole rings is 1. The van der Waals surface area contributed by atoms with E-state index < -0.39 is 0 Å². The summed E-state index contributed by atoms with van der Waals surface area (Å²) in [5, 5.41) is 2.57. The summed E-state index contributed by atoms with van der Waals surface area (Å²) in [6.45, 7) is 0.599. The molecule has 2 rings (SSSR count). The van der Waals surface area contributed by atoms with Gasteiger partial charge in [-0.05, 0) is 24.1 Å². The van der Waals surface area contributed by atoms with Crippen molar-refractivity contribution in [3.63, 3.8) is 0 Å². The first-order valence-corrected chi connectivity index (χ1v) is 6.04. The molecule has 0 saturated heterocycles. The van der Waals surface area contributed by atoms with Crippen LogP contribution in [-0.2, 0) is 13.5 Å². The number of hydrogen-bond donors (Lipinski definition) is 1. The van der Waals surface area contributed by atoms with Crippen LogP contribution >= 0.6 is 0 Å². The summed E-state index contributed by atoms with van der Waals surface area (Å²) in [5.74, 6) is -0.366. The summed E-state index contributed by atoms with van der Waals surface area (Å²) in [6, 6.07) is 5.52. The Morgan fingerprint density at radius 2 is 2.21 bits per heavy atom. The van der Waals surface area contributed by atoms with Gasteiger partial charge in [0, 0.05) is 27.7 Å². The van der Waals surface area contributed by atoms with E-state index in [4.69, 9.17) is 4.42 Å². The van der Waals surface area contributed by atoms with Gasteiger partial charge in [-0.2, -0.15) is 0 Å². The quantitative estimate of drug-likeness (QED) is 0.896. The summed E-state index contributed by atoms with van der Waals surface area (Å²) in [6.07, 6.45) is 0.707. The highest BCUT2D eigenvalue weighted by molar-refractivity contribution is 5.74. The molecule has 0 aliphatic rings.